The Bertz CT molecular complexity index is 1000. The molecule has 0 bridgehead atoms. The highest BCUT2D eigenvalue weighted by molar-refractivity contribution is 7.39. The Balaban J connectivity index is 2.17. The van der Waals surface area contributed by atoms with Crippen LogP contribution in [0.1, 0.15) is 0 Å². The van der Waals surface area contributed by atoms with E-state index in [0.29, 0.717) is 0 Å². The van der Waals surface area contributed by atoms with Gasteiger partial charge in [-0.2, -0.15) is 22.9 Å². The van der Waals surface area contributed by atoms with Crippen molar-refractivity contribution in [2.24, 2.45) is 0 Å². The van der Waals surface area contributed by atoms with Gasteiger partial charge in [-0.1, -0.05) is 78.9 Å². The largest absolute Gasteiger partial charge is 0.383 e. The van der Waals surface area contributed by atoms with E-state index in [1.165, 1.54) is 27.1 Å². The normalized spacial score (nSPS) is 11.0. The van der Waals surface area contributed by atoms with Crippen molar-refractivity contribution in [2.45, 2.75) is 0 Å². The van der Waals surface area contributed by atoms with Crippen LogP contribution in [-0.2, 0) is 0 Å². The van der Waals surface area contributed by atoms with Gasteiger partial charge in [0, 0.05) is 0 Å². The second-order valence-corrected chi connectivity index (χ2v) is 6.67. The third-order valence-corrected chi connectivity index (χ3v) is 4.73. The minimum Gasteiger partial charge on any atom is -0.164 e. The van der Waals surface area contributed by atoms with Crippen LogP contribution < -0.4 is 5.46 Å². The second kappa shape index (κ2) is 5.92. The Hall–Kier alpha value is -1.96. The molecule has 0 nitrogen and oxygen atoms in total. The van der Waals surface area contributed by atoms with E-state index in [2.05, 4.69) is 66.7 Å². The van der Waals surface area contributed by atoms with Crippen LogP contribution in [-0.4, -0.2) is 5.54 Å². The first kappa shape index (κ1) is 14.6. The van der Waals surface area contributed by atoms with Gasteiger partial charge in [-0.3, -0.25) is 0 Å². The van der Waals surface area contributed by atoms with Gasteiger partial charge >= 0.3 is 5.54 Å². The van der Waals surface area contributed by atoms with Gasteiger partial charge in [0.25, 0.3) is 0 Å². The maximum absolute atomic E-state index is 6.28. The van der Waals surface area contributed by atoms with E-state index in [0.717, 1.165) is 11.0 Å². The van der Waals surface area contributed by atoms with E-state index in [9.17, 15) is 0 Å². The molecule has 0 aliphatic heterocycles. The molecule has 0 atom stereocenters. The Kier molecular flexibility index (Phi) is 3.76. The smallest absolute Gasteiger partial charge is 0.164 e. The molecule has 0 spiro atoms. The zero-order valence-corrected chi connectivity index (χ0v) is 13.9. The zero-order valence-electron chi connectivity index (χ0n) is 12.3. The van der Waals surface area contributed by atoms with E-state index >= 15 is 0 Å². The van der Waals surface area contributed by atoms with Crippen molar-refractivity contribution in [1.29, 1.82) is 0 Å². The lowest BCUT2D eigenvalue weighted by molar-refractivity contribution is 1.71. The first-order chi connectivity index (χ1) is 11.3. The molecule has 0 heterocycles. The fourth-order valence-electron chi connectivity index (χ4n) is 3.21. The molecule has 110 valence electrons. The van der Waals surface area contributed by atoms with Crippen molar-refractivity contribution in [3.8, 4) is 11.1 Å². The molecule has 0 amide bonds. The highest BCUT2D eigenvalue weighted by Crippen LogP contribution is 2.33. The summed E-state index contributed by atoms with van der Waals surface area (Å²) in [4.78, 5) is 0. The van der Waals surface area contributed by atoms with Gasteiger partial charge < -0.3 is 0 Å². The third kappa shape index (κ3) is 2.51. The van der Waals surface area contributed by atoms with E-state index in [4.69, 9.17) is 22.9 Å². The topological polar surface area (TPSA) is 0 Å². The van der Waals surface area contributed by atoms with Crippen LogP contribution in [0.15, 0.2) is 78.9 Å². The van der Waals surface area contributed by atoms with Crippen molar-refractivity contribution in [2.75, 3.05) is 0 Å². The fourth-order valence-corrected chi connectivity index (χ4v) is 3.58. The SMILES string of the molecule is ClB(Cl)c1ccc2ccccc2c1-c1cccc2ccccc12. The molecule has 23 heavy (non-hydrogen) atoms. The van der Waals surface area contributed by atoms with Gasteiger partial charge in [0.2, 0.25) is 0 Å². The van der Waals surface area contributed by atoms with Crippen LogP contribution >= 0.6 is 22.9 Å². The number of hydrogen-bond donors (Lipinski definition) is 0. The summed E-state index contributed by atoms with van der Waals surface area (Å²) in [6, 6.07) is 27.2. The molecule has 0 N–H and O–H groups in total. The van der Waals surface area contributed by atoms with Gasteiger partial charge in [0.1, 0.15) is 0 Å². The molecule has 0 aliphatic rings. The summed E-state index contributed by atoms with van der Waals surface area (Å²) in [6.45, 7) is 0. The highest BCUT2D eigenvalue weighted by atomic mass is 35.5. The average molecular weight is 335 g/mol. The van der Waals surface area contributed by atoms with Crippen molar-refractivity contribution in [3.05, 3.63) is 78.9 Å². The molecule has 0 saturated heterocycles. The Labute approximate surface area is 145 Å². The summed E-state index contributed by atoms with van der Waals surface area (Å²) in [7, 11) is 0. The first-order valence-corrected chi connectivity index (χ1v) is 8.41. The number of fused-ring (bicyclic) bond motifs is 2. The molecule has 0 radical (unpaired) electrons. The molecular formula is C20H13BCl2. The molecule has 0 unspecified atom stereocenters. The summed E-state index contributed by atoms with van der Waals surface area (Å²) in [5.41, 5.74) is 2.67. The molecule has 0 saturated carbocycles. The van der Waals surface area contributed by atoms with Crippen molar-refractivity contribution in [1.82, 2.24) is 0 Å². The standard InChI is InChI=1S/C20H13BCl2/c22-21(23)19-13-12-15-7-2-4-10-17(15)20(19)18-11-5-8-14-6-1-3-9-16(14)18/h1-13H. The predicted molar refractivity (Wildman–Crippen MR) is 104 cm³/mol. The second-order valence-electron chi connectivity index (χ2n) is 5.58. The van der Waals surface area contributed by atoms with E-state index in [1.807, 2.05) is 12.1 Å². The molecular weight excluding hydrogens is 322 g/mol. The van der Waals surface area contributed by atoms with Gasteiger partial charge in [0.15, 0.2) is 0 Å². The average Bonchev–Trinajstić information content (AvgIpc) is 2.60. The molecule has 0 aromatic heterocycles. The summed E-state index contributed by atoms with van der Waals surface area (Å²) < 4.78 is 0. The number of hydrogen-bond acceptors (Lipinski definition) is 0. The maximum Gasteiger partial charge on any atom is 0.383 e. The maximum atomic E-state index is 6.28. The Morgan fingerprint density at radius 2 is 1.17 bits per heavy atom. The third-order valence-electron chi connectivity index (χ3n) is 4.26. The predicted octanol–water partition coefficient (Wildman–Crippen LogP) is 5.83. The summed E-state index contributed by atoms with van der Waals surface area (Å²) in [5.74, 6) is 0. The van der Waals surface area contributed by atoms with Crippen LogP contribution in [0.3, 0.4) is 0 Å². The minimum absolute atomic E-state index is 0.562. The van der Waals surface area contributed by atoms with Gasteiger partial charge in [0.05, 0.1) is 0 Å². The fraction of sp³-hybridized carbons (Fsp3) is 0. The number of rotatable bonds is 2. The zero-order chi connectivity index (χ0) is 15.8. The van der Waals surface area contributed by atoms with Gasteiger partial charge in [-0.25, -0.2) is 0 Å². The van der Waals surface area contributed by atoms with Crippen LogP contribution in [0, 0.1) is 0 Å². The van der Waals surface area contributed by atoms with Crippen molar-refractivity contribution >= 4 is 55.5 Å². The Morgan fingerprint density at radius 3 is 1.91 bits per heavy atom. The quantitative estimate of drug-likeness (QED) is 0.404. The number of halogens is 2. The van der Waals surface area contributed by atoms with Crippen molar-refractivity contribution < 1.29 is 0 Å². The van der Waals surface area contributed by atoms with Crippen LogP contribution in [0.25, 0.3) is 32.7 Å². The summed E-state index contributed by atoms with van der Waals surface area (Å²) in [5, 5.41) is 4.78. The van der Waals surface area contributed by atoms with Crippen LogP contribution in [0.4, 0.5) is 0 Å². The summed E-state index contributed by atoms with van der Waals surface area (Å²) >= 11 is 12.6. The Morgan fingerprint density at radius 1 is 0.565 bits per heavy atom. The van der Waals surface area contributed by atoms with E-state index in [-0.39, 0.29) is 0 Å². The molecule has 3 heteroatoms. The molecule has 4 aromatic carbocycles. The molecule has 0 aliphatic carbocycles. The lowest BCUT2D eigenvalue weighted by Gasteiger charge is -2.15. The first-order valence-electron chi connectivity index (χ1n) is 7.53. The van der Waals surface area contributed by atoms with Crippen LogP contribution in [0.2, 0.25) is 0 Å². The summed E-state index contributed by atoms with van der Waals surface area (Å²) in [6.07, 6.45) is 0. The molecule has 0 fully saturated rings. The number of benzene rings is 4. The molecule has 4 aromatic rings. The van der Waals surface area contributed by atoms with E-state index < -0.39 is 5.54 Å². The van der Waals surface area contributed by atoms with Gasteiger partial charge in [-0.15, -0.1) is 0 Å². The lowest BCUT2D eigenvalue weighted by atomic mass is 9.81. The lowest BCUT2D eigenvalue weighted by Crippen LogP contribution is -2.21. The van der Waals surface area contributed by atoms with Gasteiger partial charge in [-0.05, 0) is 38.1 Å². The minimum atomic E-state index is -0.562. The molecule has 4 rings (SSSR count). The monoisotopic (exact) mass is 334 g/mol. The van der Waals surface area contributed by atoms with E-state index in [1.54, 1.807) is 0 Å². The van der Waals surface area contributed by atoms with Crippen LogP contribution in [0.5, 0.6) is 0 Å². The highest BCUT2D eigenvalue weighted by Gasteiger charge is 2.19. The van der Waals surface area contributed by atoms with Crippen molar-refractivity contribution in [3.63, 3.8) is 0 Å².